The number of carbonyl (C=O) groups excluding carboxylic acids is 1. The summed E-state index contributed by atoms with van der Waals surface area (Å²) in [4.78, 5) is 14.4. The smallest absolute Gasteiger partial charge is 0.367 e. The molecule has 1 atom stereocenters. The zero-order chi connectivity index (χ0) is 15.5. The number of hydrogen-bond acceptors (Lipinski definition) is 3. The predicted octanol–water partition coefficient (Wildman–Crippen LogP) is 3.00. The number of Topliss-reactive ketones (excluding diaryl/α,β-unsaturated/α-hetero) is 1. The van der Waals surface area contributed by atoms with Gasteiger partial charge in [-0.15, -0.1) is 0 Å². The summed E-state index contributed by atoms with van der Waals surface area (Å²) in [5.74, 6) is -0.260. The first-order valence-electron chi connectivity index (χ1n) is 6.97. The van der Waals surface area contributed by atoms with Gasteiger partial charge in [0.05, 0.1) is 12.2 Å². The van der Waals surface area contributed by atoms with E-state index in [4.69, 9.17) is 4.74 Å². The van der Waals surface area contributed by atoms with Gasteiger partial charge in [0.15, 0.2) is 5.78 Å². The number of rotatable bonds is 4. The first-order chi connectivity index (χ1) is 9.91. The Balaban J connectivity index is 2.05. The van der Waals surface area contributed by atoms with E-state index >= 15 is 0 Å². The molecule has 1 aliphatic rings. The van der Waals surface area contributed by atoms with Crippen molar-refractivity contribution < 1.29 is 22.7 Å². The van der Waals surface area contributed by atoms with Crippen molar-refractivity contribution in [3.8, 4) is 0 Å². The Morgan fingerprint density at radius 2 is 2.00 bits per heavy atom. The summed E-state index contributed by atoms with van der Waals surface area (Å²) in [6.45, 7) is 4.69. The summed E-state index contributed by atoms with van der Waals surface area (Å²) in [5, 5.41) is 0. The Bertz CT molecular complexity index is 483. The fourth-order valence-electron chi connectivity index (χ4n) is 2.39. The highest BCUT2D eigenvalue weighted by Crippen LogP contribution is 2.29. The SMILES string of the molecule is CCCN1CCOC(C(=O)c2ccc(C(F)(F)F)cc2)C1. The number of alkyl halides is 3. The molecule has 116 valence electrons. The first-order valence-corrected chi connectivity index (χ1v) is 6.97. The molecule has 21 heavy (non-hydrogen) atoms. The van der Waals surface area contributed by atoms with E-state index in [9.17, 15) is 18.0 Å². The molecule has 0 amide bonds. The average molecular weight is 301 g/mol. The van der Waals surface area contributed by atoms with Crippen molar-refractivity contribution in [1.82, 2.24) is 4.90 Å². The Labute approximate surface area is 121 Å². The van der Waals surface area contributed by atoms with Gasteiger partial charge in [-0.2, -0.15) is 13.2 Å². The summed E-state index contributed by atoms with van der Waals surface area (Å²) in [6.07, 6.45) is -4.00. The van der Waals surface area contributed by atoms with Crippen LogP contribution in [-0.4, -0.2) is 43.0 Å². The van der Waals surface area contributed by atoms with Crippen LogP contribution < -0.4 is 0 Å². The van der Waals surface area contributed by atoms with E-state index in [-0.39, 0.29) is 11.3 Å². The molecule has 0 bridgehead atoms. The zero-order valence-electron chi connectivity index (χ0n) is 11.8. The van der Waals surface area contributed by atoms with E-state index in [1.807, 2.05) is 0 Å². The third kappa shape index (κ3) is 4.04. The topological polar surface area (TPSA) is 29.5 Å². The average Bonchev–Trinajstić information content (AvgIpc) is 2.46. The van der Waals surface area contributed by atoms with Crippen molar-refractivity contribution in [3.63, 3.8) is 0 Å². The normalized spacial score (nSPS) is 20.5. The Morgan fingerprint density at radius 3 is 2.57 bits per heavy atom. The maximum absolute atomic E-state index is 12.5. The van der Waals surface area contributed by atoms with Crippen molar-refractivity contribution in [3.05, 3.63) is 35.4 Å². The fourth-order valence-corrected chi connectivity index (χ4v) is 2.39. The van der Waals surface area contributed by atoms with Gasteiger partial charge in [0.2, 0.25) is 0 Å². The van der Waals surface area contributed by atoms with Gasteiger partial charge in [-0.25, -0.2) is 0 Å². The van der Waals surface area contributed by atoms with Crippen LogP contribution in [0.1, 0.15) is 29.3 Å². The highest BCUT2D eigenvalue weighted by molar-refractivity contribution is 5.99. The Kier molecular flexibility index (Phi) is 5.00. The maximum Gasteiger partial charge on any atom is 0.416 e. The van der Waals surface area contributed by atoms with Crippen LogP contribution in [0.3, 0.4) is 0 Å². The lowest BCUT2D eigenvalue weighted by atomic mass is 10.0. The molecule has 0 aliphatic carbocycles. The van der Waals surface area contributed by atoms with E-state index in [2.05, 4.69) is 11.8 Å². The molecule has 0 aromatic heterocycles. The van der Waals surface area contributed by atoms with E-state index < -0.39 is 17.8 Å². The monoisotopic (exact) mass is 301 g/mol. The number of ketones is 1. The van der Waals surface area contributed by atoms with Crippen molar-refractivity contribution >= 4 is 5.78 Å². The number of morpholine rings is 1. The van der Waals surface area contributed by atoms with Crippen LogP contribution in [0.5, 0.6) is 0 Å². The third-order valence-electron chi connectivity index (χ3n) is 3.48. The van der Waals surface area contributed by atoms with Gasteiger partial charge in [0.1, 0.15) is 6.10 Å². The minimum Gasteiger partial charge on any atom is -0.367 e. The van der Waals surface area contributed by atoms with E-state index in [0.717, 1.165) is 31.6 Å². The molecule has 0 N–H and O–H groups in total. The minimum atomic E-state index is -4.39. The van der Waals surface area contributed by atoms with Crippen LogP contribution in [0.2, 0.25) is 0 Å². The molecule has 0 spiro atoms. The van der Waals surface area contributed by atoms with Crippen LogP contribution in [-0.2, 0) is 10.9 Å². The molecular formula is C15H18F3NO2. The number of carbonyl (C=O) groups is 1. The second-order valence-corrected chi connectivity index (χ2v) is 5.10. The number of halogens is 3. The summed E-state index contributed by atoms with van der Waals surface area (Å²) in [5.41, 5.74) is -0.498. The number of benzene rings is 1. The highest BCUT2D eigenvalue weighted by Gasteiger charge is 2.31. The quantitative estimate of drug-likeness (QED) is 0.801. The largest absolute Gasteiger partial charge is 0.416 e. The van der Waals surface area contributed by atoms with Crippen LogP contribution in [0, 0.1) is 0 Å². The molecule has 0 saturated carbocycles. The molecule has 1 unspecified atom stereocenters. The summed E-state index contributed by atoms with van der Waals surface area (Å²) in [6, 6.07) is 4.29. The molecule has 0 radical (unpaired) electrons. The molecule has 6 heteroatoms. The summed E-state index contributed by atoms with van der Waals surface area (Å²) in [7, 11) is 0. The maximum atomic E-state index is 12.5. The van der Waals surface area contributed by atoms with Crippen LogP contribution in [0.4, 0.5) is 13.2 Å². The highest BCUT2D eigenvalue weighted by atomic mass is 19.4. The van der Waals surface area contributed by atoms with Gasteiger partial charge in [-0.1, -0.05) is 19.1 Å². The predicted molar refractivity (Wildman–Crippen MR) is 72.2 cm³/mol. The van der Waals surface area contributed by atoms with Crippen molar-refractivity contribution in [2.24, 2.45) is 0 Å². The summed E-state index contributed by atoms with van der Waals surface area (Å²) < 4.78 is 42.9. The zero-order valence-corrected chi connectivity index (χ0v) is 11.8. The molecule has 1 saturated heterocycles. The number of hydrogen-bond donors (Lipinski definition) is 0. The van der Waals surface area contributed by atoms with Crippen molar-refractivity contribution in [2.45, 2.75) is 25.6 Å². The molecule has 1 aromatic rings. The lowest BCUT2D eigenvalue weighted by molar-refractivity contribution is -0.137. The molecule has 2 rings (SSSR count). The van der Waals surface area contributed by atoms with Crippen LogP contribution >= 0.6 is 0 Å². The van der Waals surface area contributed by atoms with Crippen LogP contribution in [0.15, 0.2) is 24.3 Å². The van der Waals surface area contributed by atoms with Gasteiger partial charge < -0.3 is 4.74 Å². The van der Waals surface area contributed by atoms with E-state index in [1.165, 1.54) is 12.1 Å². The fraction of sp³-hybridized carbons (Fsp3) is 0.533. The molecule has 3 nitrogen and oxygen atoms in total. The second-order valence-electron chi connectivity index (χ2n) is 5.10. The molecule has 1 fully saturated rings. The number of ether oxygens (including phenoxy) is 1. The molecular weight excluding hydrogens is 283 g/mol. The van der Waals surface area contributed by atoms with E-state index in [0.29, 0.717) is 13.2 Å². The first kappa shape index (κ1) is 16.0. The standard InChI is InChI=1S/C15H18F3NO2/c1-2-7-19-8-9-21-13(10-19)14(20)11-3-5-12(6-4-11)15(16,17)18/h3-6,13H,2,7-10H2,1H3. The molecule has 1 aliphatic heterocycles. The lowest BCUT2D eigenvalue weighted by Crippen LogP contribution is -2.46. The second kappa shape index (κ2) is 6.58. The van der Waals surface area contributed by atoms with E-state index in [1.54, 1.807) is 0 Å². The number of nitrogens with zero attached hydrogens (tertiary/aromatic N) is 1. The molecule has 1 heterocycles. The van der Waals surface area contributed by atoms with Gasteiger partial charge in [-0.05, 0) is 25.1 Å². The van der Waals surface area contributed by atoms with Crippen molar-refractivity contribution in [1.29, 1.82) is 0 Å². The molecule has 1 aromatic carbocycles. The Morgan fingerprint density at radius 1 is 1.33 bits per heavy atom. The van der Waals surface area contributed by atoms with Gasteiger partial charge in [-0.3, -0.25) is 9.69 Å². The van der Waals surface area contributed by atoms with Crippen molar-refractivity contribution in [2.75, 3.05) is 26.2 Å². The van der Waals surface area contributed by atoms with Crippen LogP contribution in [0.25, 0.3) is 0 Å². The van der Waals surface area contributed by atoms with Gasteiger partial charge in [0, 0.05) is 18.7 Å². The Hall–Kier alpha value is -1.40. The summed E-state index contributed by atoms with van der Waals surface area (Å²) >= 11 is 0. The van der Waals surface area contributed by atoms with Gasteiger partial charge >= 0.3 is 6.18 Å². The third-order valence-corrected chi connectivity index (χ3v) is 3.48. The minimum absolute atomic E-state index is 0.256. The van der Waals surface area contributed by atoms with Gasteiger partial charge in [0.25, 0.3) is 0 Å². The lowest BCUT2D eigenvalue weighted by Gasteiger charge is -2.31.